The highest BCUT2D eigenvalue weighted by atomic mass is 32.1. The van der Waals surface area contributed by atoms with Crippen molar-refractivity contribution in [1.29, 1.82) is 0 Å². The molecule has 0 atom stereocenters. The van der Waals surface area contributed by atoms with Crippen LogP contribution >= 0.6 is 22.7 Å². The van der Waals surface area contributed by atoms with E-state index in [0.29, 0.717) is 0 Å². The Bertz CT molecular complexity index is 3270. The monoisotopic (exact) mass is 862 g/mol. The molecule has 2 heteroatoms. The zero-order valence-electron chi connectivity index (χ0n) is 37.1. The van der Waals surface area contributed by atoms with Gasteiger partial charge in [-0.05, 0) is 220 Å². The van der Waals surface area contributed by atoms with Gasteiger partial charge in [-0.25, -0.2) is 0 Å². The number of aryl methyl sites for hydroxylation is 2. The quantitative estimate of drug-likeness (QED) is 0.0755. The zero-order valence-corrected chi connectivity index (χ0v) is 38.7. The van der Waals surface area contributed by atoms with Crippen LogP contribution in [0.3, 0.4) is 0 Å². The third-order valence-corrected chi connectivity index (χ3v) is 15.5. The summed E-state index contributed by atoms with van der Waals surface area (Å²) in [5.41, 5.74) is 5.38. The standard InChI is InChI=1S/C62H54S2/c1-3-5-7-9-11-41-13-19-45-31-51-27-43(15-21-47(51)29-49(45)25-41)17-23-59-37-57-35-53-33-56-40-62-58(36-54(56)34-55(53)39-61(57)63-59)38-60(64-62)24-18-44-16-22-48-30-50-26-42(12-10-8-6-4-2)14-20-46(50)32-52(48)28-44/h13-40H,3-12H2,1-2H3. The highest BCUT2D eigenvalue weighted by molar-refractivity contribution is 7.20. The summed E-state index contributed by atoms with van der Waals surface area (Å²) in [4.78, 5) is 2.56. The smallest absolute Gasteiger partial charge is 0.0355 e. The van der Waals surface area contributed by atoms with Crippen molar-refractivity contribution in [2.24, 2.45) is 0 Å². The van der Waals surface area contributed by atoms with Gasteiger partial charge in [0.15, 0.2) is 0 Å². The summed E-state index contributed by atoms with van der Waals surface area (Å²) < 4.78 is 2.66. The molecule has 11 aromatic rings. The molecule has 0 aliphatic rings. The van der Waals surface area contributed by atoms with Crippen molar-refractivity contribution in [3.05, 3.63) is 178 Å². The van der Waals surface area contributed by atoms with Gasteiger partial charge in [0.1, 0.15) is 0 Å². The molecular weight excluding hydrogens is 809 g/mol. The van der Waals surface area contributed by atoms with E-state index in [1.807, 2.05) is 22.7 Å². The van der Waals surface area contributed by atoms with Crippen molar-refractivity contribution < 1.29 is 0 Å². The second-order valence-electron chi connectivity index (χ2n) is 18.2. The second kappa shape index (κ2) is 17.8. The molecule has 2 heterocycles. The largest absolute Gasteiger partial charge is 0.136 e. The first-order valence-electron chi connectivity index (χ1n) is 23.6. The van der Waals surface area contributed by atoms with Gasteiger partial charge in [0.05, 0.1) is 0 Å². The van der Waals surface area contributed by atoms with E-state index in [4.69, 9.17) is 0 Å². The molecule has 0 bridgehead atoms. The summed E-state index contributed by atoms with van der Waals surface area (Å²) in [5, 5.41) is 18.3. The molecule has 0 N–H and O–H groups in total. The summed E-state index contributed by atoms with van der Waals surface area (Å²) in [5.74, 6) is 0. The Kier molecular flexibility index (Phi) is 11.3. The lowest BCUT2D eigenvalue weighted by Gasteiger charge is -2.07. The van der Waals surface area contributed by atoms with Crippen molar-refractivity contribution in [2.75, 3.05) is 0 Å². The molecular formula is C62H54S2. The molecule has 0 aliphatic heterocycles. The molecule has 9 aromatic carbocycles. The first-order chi connectivity index (χ1) is 31.5. The first-order valence-corrected chi connectivity index (χ1v) is 25.3. The molecule has 0 radical (unpaired) electrons. The fourth-order valence-electron chi connectivity index (χ4n) is 9.80. The molecule has 0 nitrogen and oxygen atoms in total. The molecule has 0 amide bonds. The Morgan fingerprint density at radius 2 is 0.656 bits per heavy atom. The normalized spacial score (nSPS) is 12.4. The number of thiophene rings is 2. The van der Waals surface area contributed by atoms with Crippen molar-refractivity contribution in [3.63, 3.8) is 0 Å². The number of benzene rings is 9. The molecule has 2 aromatic heterocycles. The SMILES string of the molecule is CCCCCCc1ccc2cc3cc(C=Cc4cc5cc6cc7cc8sc(C=Cc9ccc%10cc%11cc(CCCCCC)ccc%11cc%10c9)cc8cc7cc6cc5s4)ccc3cc2c1. The Morgan fingerprint density at radius 3 is 1.09 bits per heavy atom. The molecule has 0 spiro atoms. The third-order valence-electron chi connectivity index (χ3n) is 13.4. The summed E-state index contributed by atoms with van der Waals surface area (Å²) in [6.07, 6.45) is 21.9. The molecule has 64 heavy (non-hydrogen) atoms. The minimum Gasteiger partial charge on any atom is -0.136 e. The Morgan fingerprint density at radius 1 is 0.297 bits per heavy atom. The lowest BCUT2D eigenvalue weighted by molar-refractivity contribution is 0.667. The van der Waals surface area contributed by atoms with Crippen LogP contribution in [0, 0.1) is 0 Å². The van der Waals surface area contributed by atoms with Gasteiger partial charge in [0.25, 0.3) is 0 Å². The van der Waals surface area contributed by atoms with Gasteiger partial charge in [0.2, 0.25) is 0 Å². The van der Waals surface area contributed by atoms with Crippen molar-refractivity contribution >= 4 is 132 Å². The van der Waals surface area contributed by atoms with E-state index < -0.39 is 0 Å². The highest BCUT2D eigenvalue weighted by Gasteiger charge is 2.09. The molecule has 0 saturated heterocycles. The number of unbranched alkanes of at least 4 members (excludes halogenated alkanes) is 6. The van der Waals surface area contributed by atoms with Crippen LogP contribution in [0.25, 0.3) is 109 Å². The maximum atomic E-state index is 2.40. The van der Waals surface area contributed by atoms with Gasteiger partial charge in [-0.1, -0.05) is 125 Å². The van der Waals surface area contributed by atoms with E-state index in [2.05, 4.69) is 184 Å². The lowest BCUT2D eigenvalue weighted by atomic mass is 9.98. The first kappa shape index (κ1) is 40.7. The van der Waals surface area contributed by atoms with Gasteiger partial charge in [-0.3, -0.25) is 0 Å². The summed E-state index contributed by atoms with van der Waals surface area (Å²) >= 11 is 3.75. The molecule has 0 unspecified atom stereocenters. The average molecular weight is 863 g/mol. The molecule has 314 valence electrons. The van der Waals surface area contributed by atoms with Gasteiger partial charge >= 0.3 is 0 Å². The maximum Gasteiger partial charge on any atom is 0.0355 e. The van der Waals surface area contributed by atoms with Crippen LogP contribution in [0.1, 0.15) is 97.2 Å². The van der Waals surface area contributed by atoms with Crippen molar-refractivity contribution in [2.45, 2.75) is 78.1 Å². The minimum absolute atomic E-state index is 1.17. The van der Waals surface area contributed by atoms with Crippen molar-refractivity contribution in [3.8, 4) is 0 Å². The van der Waals surface area contributed by atoms with E-state index in [-0.39, 0.29) is 0 Å². The molecule has 0 saturated carbocycles. The highest BCUT2D eigenvalue weighted by Crippen LogP contribution is 2.37. The predicted molar refractivity (Wildman–Crippen MR) is 289 cm³/mol. The van der Waals surface area contributed by atoms with Gasteiger partial charge in [-0.2, -0.15) is 0 Å². The Hall–Kier alpha value is -6.06. The van der Waals surface area contributed by atoms with E-state index in [1.54, 1.807) is 0 Å². The molecule has 0 fully saturated rings. The second-order valence-corrected chi connectivity index (χ2v) is 20.4. The topological polar surface area (TPSA) is 0 Å². The molecule has 0 aliphatic carbocycles. The van der Waals surface area contributed by atoms with Gasteiger partial charge in [0, 0.05) is 19.2 Å². The Labute approximate surface area is 385 Å². The lowest BCUT2D eigenvalue weighted by Crippen LogP contribution is -1.87. The predicted octanol–water partition coefficient (Wildman–Crippen LogP) is 19.6. The van der Waals surface area contributed by atoms with Crippen molar-refractivity contribution in [1.82, 2.24) is 0 Å². The van der Waals surface area contributed by atoms with Crippen LogP contribution < -0.4 is 0 Å². The van der Waals surface area contributed by atoms with E-state index >= 15 is 0 Å². The summed E-state index contributed by atoms with van der Waals surface area (Å²) in [6, 6.07) is 56.2. The molecule has 11 rings (SSSR count). The minimum atomic E-state index is 1.17. The van der Waals surface area contributed by atoms with E-state index in [9.17, 15) is 0 Å². The van der Waals surface area contributed by atoms with Crippen LogP contribution in [0.5, 0.6) is 0 Å². The fourth-order valence-corrected chi connectivity index (χ4v) is 11.8. The van der Waals surface area contributed by atoms with Crippen LogP contribution in [0.4, 0.5) is 0 Å². The van der Waals surface area contributed by atoms with Gasteiger partial charge in [-0.15, -0.1) is 22.7 Å². The zero-order chi connectivity index (χ0) is 43.0. The van der Waals surface area contributed by atoms with Crippen LogP contribution in [-0.2, 0) is 12.8 Å². The third kappa shape index (κ3) is 8.62. The number of rotatable bonds is 14. The Balaban J connectivity index is 0.798. The maximum absolute atomic E-state index is 2.40. The van der Waals surface area contributed by atoms with E-state index in [0.717, 1.165) is 0 Å². The van der Waals surface area contributed by atoms with Crippen LogP contribution in [0.15, 0.2) is 146 Å². The number of hydrogen-bond donors (Lipinski definition) is 0. The number of fused-ring (bicyclic) bond motifs is 8. The number of hydrogen-bond acceptors (Lipinski definition) is 2. The summed E-state index contributed by atoms with van der Waals surface area (Å²) in [7, 11) is 0. The van der Waals surface area contributed by atoms with Crippen LogP contribution in [0.2, 0.25) is 0 Å². The summed E-state index contributed by atoms with van der Waals surface area (Å²) in [6.45, 7) is 4.56. The average Bonchev–Trinajstić information content (AvgIpc) is 3.91. The van der Waals surface area contributed by atoms with Crippen LogP contribution in [-0.4, -0.2) is 0 Å². The fraction of sp³-hybridized carbons (Fsp3) is 0.194. The van der Waals surface area contributed by atoms with Gasteiger partial charge < -0.3 is 0 Å². The van der Waals surface area contributed by atoms with E-state index in [1.165, 1.54) is 181 Å².